The molecule has 7 aromatic rings. The van der Waals surface area contributed by atoms with E-state index in [-0.39, 0.29) is 8.81 Å². The Morgan fingerprint density at radius 2 is 0.571 bits per heavy atom. The quantitative estimate of drug-likeness (QED) is 0.0984. The maximum Gasteiger partial charge on any atom is 0.0623 e. The molecule has 0 spiro atoms. The average Bonchev–Trinajstić information content (AvgIpc) is 3.16. The van der Waals surface area contributed by atoms with Crippen molar-refractivity contribution < 1.29 is 4.89 Å². The van der Waals surface area contributed by atoms with Crippen LogP contribution in [-0.4, -0.2) is 4.89 Å². The van der Waals surface area contributed by atoms with Crippen molar-refractivity contribution in [1.82, 2.24) is 0 Å². The van der Waals surface area contributed by atoms with Gasteiger partial charge in [-0.05, 0) is 83.4 Å². The van der Waals surface area contributed by atoms with Crippen molar-refractivity contribution in [2.24, 2.45) is 0 Å². The molecule has 0 aliphatic carbocycles. The minimum absolute atomic E-state index is 0.0829. The SMILES string of the molecule is OPc1ccc(P)cc1.c1ccc(Nc2ccccc2Nc2ccccc2)cc1.c1ccc(Nc2ccccc2Nc2ccccc2)cc1. The fourth-order valence-corrected chi connectivity index (χ4v) is 5.18. The molecule has 2 unspecified atom stereocenters. The smallest absolute Gasteiger partial charge is 0.0623 e. The van der Waals surface area contributed by atoms with Crippen LogP contribution in [0.3, 0.4) is 0 Å². The van der Waals surface area contributed by atoms with E-state index in [0.29, 0.717) is 0 Å². The number of anilines is 8. The predicted molar refractivity (Wildman–Crippen MR) is 218 cm³/mol. The highest BCUT2D eigenvalue weighted by molar-refractivity contribution is 7.40. The van der Waals surface area contributed by atoms with Gasteiger partial charge in [-0.3, -0.25) is 0 Å². The molecule has 7 rings (SSSR count). The first-order valence-electron chi connectivity index (χ1n) is 15.9. The summed E-state index contributed by atoms with van der Waals surface area (Å²) in [6.45, 7) is 0. The molecule has 0 saturated heterocycles. The molecule has 244 valence electrons. The lowest BCUT2D eigenvalue weighted by molar-refractivity contribution is 0.655. The van der Waals surface area contributed by atoms with Crippen LogP contribution in [0.25, 0.3) is 0 Å². The van der Waals surface area contributed by atoms with Gasteiger partial charge in [0.15, 0.2) is 0 Å². The number of benzene rings is 7. The normalized spacial score (nSPS) is 10.2. The molecule has 0 heterocycles. The summed E-state index contributed by atoms with van der Waals surface area (Å²) < 4.78 is 0. The highest BCUT2D eigenvalue weighted by atomic mass is 31.1. The minimum atomic E-state index is -0.0829. The molecule has 0 aliphatic heterocycles. The maximum atomic E-state index is 8.65. The Morgan fingerprint density at radius 3 is 0.816 bits per heavy atom. The summed E-state index contributed by atoms with van der Waals surface area (Å²) in [6.07, 6.45) is 0. The van der Waals surface area contributed by atoms with Crippen molar-refractivity contribution in [2.75, 3.05) is 21.3 Å². The van der Waals surface area contributed by atoms with E-state index in [2.05, 4.69) is 103 Å². The van der Waals surface area contributed by atoms with Gasteiger partial charge in [-0.25, -0.2) is 0 Å². The van der Waals surface area contributed by atoms with Gasteiger partial charge in [-0.1, -0.05) is 121 Å². The first-order chi connectivity index (χ1) is 24.2. The van der Waals surface area contributed by atoms with Crippen LogP contribution in [0.2, 0.25) is 0 Å². The molecular weight excluding hydrogens is 638 g/mol. The molecule has 49 heavy (non-hydrogen) atoms. The molecule has 7 heteroatoms. The second kappa shape index (κ2) is 19.4. The first kappa shape index (κ1) is 34.9. The van der Waals surface area contributed by atoms with Gasteiger partial charge in [-0.15, -0.1) is 9.24 Å². The lowest BCUT2D eigenvalue weighted by atomic mass is 10.2. The van der Waals surface area contributed by atoms with Crippen molar-refractivity contribution in [3.05, 3.63) is 194 Å². The van der Waals surface area contributed by atoms with Crippen molar-refractivity contribution in [1.29, 1.82) is 0 Å². The molecule has 2 atom stereocenters. The molecule has 7 aromatic carbocycles. The Bertz CT molecular complexity index is 1700. The Kier molecular flexibility index (Phi) is 13.8. The standard InChI is InChI=1S/2C18H16N2.C6H8OP2/c2*1-3-9-15(10-4-1)19-17-13-7-8-14-18(17)20-16-11-5-2-6-12-16;7-9-6-3-1-5(8)2-4-6/h2*1-14,19-20H;1-4,7,9H,8H2. The van der Waals surface area contributed by atoms with Gasteiger partial charge >= 0.3 is 0 Å². The van der Waals surface area contributed by atoms with Crippen molar-refractivity contribution >= 4 is 74.2 Å². The fraction of sp³-hybridized carbons (Fsp3) is 0. The molecule has 5 N–H and O–H groups in total. The molecular formula is C42H40N4OP2. The topological polar surface area (TPSA) is 68.3 Å². The van der Waals surface area contributed by atoms with E-state index < -0.39 is 0 Å². The van der Waals surface area contributed by atoms with Crippen LogP contribution in [0.5, 0.6) is 0 Å². The minimum Gasteiger partial charge on any atom is -0.372 e. The Balaban J connectivity index is 0.000000154. The van der Waals surface area contributed by atoms with Gasteiger partial charge in [-0.2, -0.15) is 0 Å². The van der Waals surface area contributed by atoms with E-state index in [0.717, 1.165) is 56.1 Å². The summed E-state index contributed by atoms with van der Waals surface area (Å²) in [6, 6.07) is 64.8. The Labute approximate surface area is 293 Å². The lowest BCUT2D eigenvalue weighted by Gasteiger charge is -2.13. The second-order valence-electron chi connectivity index (χ2n) is 10.8. The van der Waals surface area contributed by atoms with E-state index in [1.807, 2.05) is 121 Å². The third kappa shape index (κ3) is 11.9. The van der Waals surface area contributed by atoms with Crippen molar-refractivity contribution in [3.63, 3.8) is 0 Å². The summed E-state index contributed by atoms with van der Waals surface area (Å²) >= 11 is 0. The van der Waals surface area contributed by atoms with Crippen LogP contribution in [0.1, 0.15) is 0 Å². The zero-order chi connectivity index (χ0) is 33.9. The highest BCUT2D eigenvalue weighted by Gasteiger charge is 2.03. The van der Waals surface area contributed by atoms with Gasteiger partial charge in [0.2, 0.25) is 0 Å². The summed E-state index contributed by atoms with van der Waals surface area (Å²) in [7, 11) is 2.51. The lowest BCUT2D eigenvalue weighted by Crippen LogP contribution is -1.97. The second-order valence-corrected chi connectivity index (χ2v) is 12.3. The van der Waals surface area contributed by atoms with Crippen molar-refractivity contribution in [3.8, 4) is 0 Å². The maximum absolute atomic E-state index is 8.65. The zero-order valence-corrected chi connectivity index (χ0v) is 29.2. The number of nitrogens with one attached hydrogen (secondary N) is 4. The van der Waals surface area contributed by atoms with Crippen LogP contribution in [0.4, 0.5) is 45.5 Å². The largest absolute Gasteiger partial charge is 0.372 e. The Hall–Kier alpha value is -5.44. The molecule has 0 amide bonds. The van der Waals surface area contributed by atoms with E-state index >= 15 is 0 Å². The van der Waals surface area contributed by atoms with E-state index in [4.69, 9.17) is 4.89 Å². The van der Waals surface area contributed by atoms with E-state index in [1.54, 1.807) is 0 Å². The summed E-state index contributed by atoms with van der Waals surface area (Å²) in [4.78, 5) is 8.65. The molecule has 5 nitrogen and oxygen atoms in total. The molecule has 0 aromatic heterocycles. The monoisotopic (exact) mass is 678 g/mol. The van der Waals surface area contributed by atoms with Gasteiger partial charge in [0, 0.05) is 31.6 Å². The number of rotatable bonds is 9. The predicted octanol–water partition coefficient (Wildman–Crippen LogP) is 10.7. The molecule has 0 bridgehead atoms. The summed E-state index contributed by atoms with van der Waals surface area (Å²) in [5, 5.41) is 15.9. The third-order valence-electron chi connectivity index (χ3n) is 7.11. The average molecular weight is 679 g/mol. The fourth-order valence-electron chi connectivity index (χ4n) is 4.67. The van der Waals surface area contributed by atoms with Gasteiger partial charge in [0.05, 0.1) is 22.7 Å². The number of para-hydroxylation sites is 8. The van der Waals surface area contributed by atoms with E-state index in [9.17, 15) is 0 Å². The van der Waals surface area contributed by atoms with Gasteiger partial charge in [0.1, 0.15) is 0 Å². The van der Waals surface area contributed by atoms with Gasteiger partial charge in [0.25, 0.3) is 0 Å². The highest BCUT2D eigenvalue weighted by Crippen LogP contribution is 2.29. The van der Waals surface area contributed by atoms with E-state index in [1.165, 1.54) is 0 Å². The third-order valence-corrected chi connectivity index (χ3v) is 8.08. The molecule has 0 aliphatic rings. The van der Waals surface area contributed by atoms with Crippen LogP contribution < -0.4 is 31.9 Å². The van der Waals surface area contributed by atoms with Crippen molar-refractivity contribution in [2.45, 2.75) is 0 Å². The number of hydrogen-bond acceptors (Lipinski definition) is 5. The van der Waals surface area contributed by atoms with Gasteiger partial charge < -0.3 is 26.2 Å². The summed E-state index contributed by atoms with van der Waals surface area (Å²) in [5.74, 6) is 0. The zero-order valence-electron chi connectivity index (χ0n) is 27.0. The molecule has 0 saturated carbocycles. The van der Waals surface area contributed by atoms with Crippen LogP contribution in [0.15, 0.2) is 194 Å². The van der Waals surface area contributed by atoms with Crippen LogP contribution >= 0.6 is 18.0 Å². The molecule has 0 radical (unpaired) electrons. The van der Waals surface area contributed by atoms with Crippen LogP contribution in [0, 0.1) is 0 Å². The first-order valence-corrected chi connectivity index (χ1v) is 17.4. The number of hydrogen-bond donors (Lipinski definition) is 5. The summed E-state index contributed by atoms with van der Waals surface area (Å²) in [5.41, 5.74) is 8.55. The molecule has 0 fully saturated rings. The Morgan fingerprint density at radius 1 is 0.327 bits per heavy atom. The van der Waals surface area contributed by atoms with Crippen LogP contribution in [-0.2, 0) is 0 Å².